The predicted octanol–water partition coefficient (Wildman–Crippen LogP) is 0.499. The Morgan fingerprint density at radius 1 is 1.88 bits per heavy atom. The summed E-state index contributed by atoms with van der Waals surface area (Å²) in [5.41, 5.74) is 7.67. The lowest BCUT2D eigenvalue weighted by molar-refractivity contribution is -0.103. The largest absolute Gasteiger partial charge is 0.289 e. The third-order valence-electron chi connectivity index (χ3n) is 0.374. The molecule has 0 radical (unpaired) electrons. The molecule has 0 bridgehead atoms. The van der Waals surface area contributed by atoms with Gasteiger partial charge in [-0.15, -0.1) is 0 Å². The summed E-state index contributed by atoms with van der Waals surface area (Å²) in [7, 11) is 0. The second-order valence-corrected chi connectivity index (χ2v) is 0.828. The Bertz CT molecular complexity index is 169. The molecule has 0 aromatic rings. The molecule has 0 aliphatic heterocycles. The normalized spacial score (nSPS) is 5.50. The number of hydrogen-bond acceptors (Lipinski definition) is 2. The molecule has 4 nitrogen and oxygen atoms in total. The van der Waals surface area contributed by atoms with E-state index in [0.717, 1.165) is 0 Å². The average Bonchev–Trinajstić information content (AvgIpc) is 1.81. The van der Waals surface area contributed by atoms with Crippen LogP contribution in [0.25, 0.3) is 10.4 Å². The molecule has 0 saturated carbocycles. The fraction of sp³-hybridized carbons (Fsp3) is 0.250. The highest BCUT2D eigenvalue weighted by Gasteiger charge is 1.62. The van der Waals surface area contributed by atoms with Crippen LogP contribution in [0.1, 0.15) is 0 Å². The van der Waals surface area contributed by atoms with E-state index in [2.05, 4.69) is 21.9 Å². The fourth-order valence-corrected chi connectivity index (χ4v) is 0.154. The molecule has 0 spiro atoms. The molecule has 0 N–H and O–H groups in total. The summed E-state index contributed by atoms with van der Waals surface area (Å²) in [6.07, 6.45) is 0.451. The van der Waals surface area contributed by atoms with Gasteiger partial charge in [-0.1, -0.05) is 11.0 Å². The van der Waals surface area contributed by atoms with Gasteiger partial charge in [0.25, 0.3) is 0 Å². The molecule has 0 fully saturated rings. The zero-order valence-corrected chi connectivity index (χ0v) is 4.03. The van der Waals surface area contributed by atoms with Gasteiger partial charge in [-0.2, -0.15) is 0 Å². The topological polar surface area (TPSA) is 65.8 Å². The second kappa shape index (κ2) is 5.54. The highest BCUT2D eigenvalue weighted by molar-refractivity contribution is 5.72. The Hall–Kier alpha value is -1.46. The highest BCUT2D eigenvalue weighted by atomic mass is 16.1. The Labute approximate surface area is 46.1 Å². The van der Waals surface area contributed by atoms with E-state index in [1.54, 1.807) is 0 Å². The molecule has 0 atom stereocenters. The van der Waals surface area contributed by atoms with Crippen LogP contribution in [-0.4, -0.2) is 12.8 Å². The van der Waals surface area contributed by atoms with Crippen LogP contribution in [0.15, 0.2) is 5.11 Å². The second-order valence-electron chi connectivity index (χ2n) is 0.828. The van der Waals surface area contributed by atoms with Crippen LogP contribution in [0.2, 0.25) is 0 Å². The number of carbonyl (C=O) groups excluding carboxylic acids is 1. The molecule has 0 aromatic carbocycles. The monoisotopic (exact) mass is 109 g/mol. The first-order valence-electron chi connectivity index (χ1n) is 1.84. The molecule has 4 heteroatoms. The lowest BCUT2D eigenvalue weighted by Crippen LogP contribution is -1.67. The van der Waals surface area contributed by atoms with Crippen molar-refractivity contribution in [3.8, 4) is 11.8 Å². The predicted molar refractivity (Wildman–Crippen MR) is 27.9 cm³/mol. The molecule has 0 unspecified atom stereocenters. The van der Waals surface area contributed by atoms with Crippen molar-refractivity contribution in [3.05, 3.63) is 10.4 Å². The summed E-state index contributed by atoms with van der Waals surface area (Å²) in [5, 5.41) is 3.06. The fourth-order valence-electron chi connectivity index (χ4n) is 0.154. The molecule has 0 aromatic heterocycles. The van der Waals surface area contributed by atoms with E-state index in [1.807, 2.05) is 0 Å². The van der Waals surface area contributed by atoms with Crippen molar-refractivity contribution in [1.82, 2.24) is 0 Å². The third kappa shape index (κ3) is 4.54. The number of rotatable bonds is 1. The molecule has 8 heavy (non-hydrogen) atoms. The van der Waals surface area contributed by atoms with Crippen LogP contribution < -0.4 is 0 Å². The molecule has 0 aliphatic rings. The Morgan fingerprint density at radius 2 is 2.62 bits per heavy atom. The van der Waals surface area contributed by atoms with Gasteiger partial charge in [0.1, 0.15) is 0 Å². The zero-order chi connectivity index (χ0) is 6.24. The minimum atomic E-state index is 0.0647. The van der Waals surface area contributed by atoms with Crippen molar-refractivity contribution >= 4 is 6.29 Å². The minimum absolute atomic E-state index is 0.0647. The average molecular weight is 109 g/mol. The lowest BCUT2D eigenvalue weighted by Gasteiger charge is -1.63. The van der Waals surface area contributed by atoms with Crippen LogP contribution >= 0.6 is 0 Å². The molecular formula is C4H3N3O. The van der Waals surface area contributed by atoms with Crippen molar-refractivity contribution in [3.63, 3.8) is 0 Å². The van der Waals surface area contributed by atoms with Crippen molar-refractivity contribution in [2.75, 3.05) is 6.54 Å². The van der Waals surface area contributed by atoms with E-state index in [0.29, 0.717) is 6.29 Å². The first-order chi connectivity index (χ1) is 3.91. The number of carbonyl (C=O) groups is 1. The van der Waals surface area contributed by atoms with Gasteiger partial charge in [0.05, 0.1) is 6.54 Å². The van der Waals surface area contributed by atoms with Gasteiger partial charge in [-0.25, -0.2) is 0 Å². The maximum absolute atomic E-state index is 9.46. The smallest absolute Gasteiger partial charge is 0.192 e. The summed E-state index contributed by atoms with van der Waals surface area (Å²) in [4.78, 5) is 11.9. The highest BCUT2D eigenvalue weighted by Crippen LogP contribution is 1.64. The van der Waals surface area contributed by atoms with Crippen LogP contribution in [0.5, 0.6) is 0 Å². The maximum Gasteiger partial charge on any atom is 0.192 e. The summed E-state index contributed by atoms with van der Waals surface area (Å²) in [6.45, 7) is 0.0647. The molecule has 40 valence electrons. The van der Waals surface area contributed by atoms with Crippen LogP contribution in [0, 0.1) is 11.8 Å². The molecule has 0 heterocycles. The molecule has 0 saturated heterocycles. The van der Waals surface area contributed by atoms with E-state index in [9.17, 15) is 4.79 Å². The molecule has 0 rings (SSSR count). The van der Waals surface area contributed by atoms with E-state index in [-0.39, 0.29) is 6.54 Å². The first-order valence-corrected chi connectivity index (χ1v) is 1.84. The number of hydrogen-bond donors (Lipinski definition) is 0. The van der Waals surface area contributed by atoms with E-state index in [1.165, 1.54) is 0 Å². The van der Waals surface area contributed by atoms with Gasteiger partial charge in [-0.3, -0.25) is 4.79 Å². The summed E-state index contributed by atoms with van der Waals surface area (Å²) in [6, 6.07) is 0. The van der Waals surface area contributed by atoms with Crippen LogP contribution in [-0.2, 0) is 4.79 Å². The number of nitrogens with zero attached hydrogens (tertiary/aromatic N) is 3. The molecule has 0 aliphatic carbocycles. The SMILES string of the molecule is [N-]=[N+]=NCC#CC=O. The van der Waals surface area contributed by atoms with Crippen molar-refractivity contribution in [2.24, 2.45) is 5.11 Å². The van der Waals surface area contributed by atoms with Crippen molar-refractivity contribution < 1.29 is 4.79 Å². The quantitative estimate of drug-likeness (QED) is 0.159. The Morgan fingerprint density at radius 3 is 3.12 bits per heavy atom. The zero-order valence-electron chi connectivity index (χ0n) is 4.03. The molecular weight excluding hydrogens is 106 g/mol. The lowest BCUT2D eigenvalue weighted by atomic mass is 10.6. The Kier molecular flexibility index (Phi) is 4.53. The van der Waals surface area contributed by atoms with Gasteiger partial charge in [0.2, 0.25) is 0 Å². The van der Waals surface area contributed by atoms with Crippen LogP contribution in [0.4, 0.5) is 0 Å². The van der Waals surface area contributed by atoms with Gasteiger partial charge in [0.15, 0.2) is 6.29 Å². The van der Waals surface area contributed by atoms with Gasteiger partial charge in [-0.05, 0) is 11.5 Å². The van der Waals surface area contributed by atoms with Crippen LogP contribution in [0.3, 0.4) is 0 Å². The minimum Gasteiger partial charge on any atom is -0.289 e. The number of azide groups is 1. The third-order valence-corrected chi connectivity index (χ3v) is 0.374. The first kappa shape index (κ1) is 6.54. The van der Waals surface area contributed by atoms with E-state index < -0.39 is 0 Å². The van der Waals surface area contributed by atoms with Gasteiger partial charge < -0.3 is 0 Å². The summed E-state index contributed by atoms with van der Waals surface area (Å²) < 4.78 is 0. The summed E-state index contributed by atoms with van der Waals surface area (Å²) in [5.74, 6) is 4.39. The maximum atomic E-state index is 9.46. The Balaban J connectivity index is 3.43. The van der Waals surface area contributed by atoms with Gasteiger partial charge >= 0.3 is 0 Å². The van der Waals surface area contributed by atoms with Crippen molar-refractivity contribution in [1.29, 1.82) is 0 Å². The summed E-state index contributed by atoms with van der Waals surface area (Å²) >= 11 is 0. The van der Waals surface area contributed by atoms with Crippen molar-refractivity contribution in [2.45, 2.75) is 0 Å². The number of aldehydes is 1. The standard InChI is InChI=1S/C4H3N3O/c5-7-6-3-1-2-4-8/h4H,3H2. The molecule has 0 amide bonds. The van der Waals surface area contributed by atoms with E-state index >= 15 is 0 Å². The van der Waals surface area contributed by atoms with Gasteiger partial charge in [0, 0.05) is 4.91 Å². The van der Waals surface area contributed by atoms with E-state index in [4.69, 9.17) is 5.53 Å².